The quantitative estimate of drug-likeness (QED) is 0.755. The molecule has 2 N–H and O–H groups in total. The Morgan fingerprint density at radius 1 is 1.43 bits per heavy atom. The van der Waals surface area contributed by atoms with E-state index in [-0.39, 0.29) is 10.9 Å². The van der Waals surface area contributed by atoms with Crippen LogP contribution in [0.2, 0.25) is 0 Å². The number of rotatable bonds is 7. The molecule has 0 heterocycles. The Labute approximate surface area is 129 Å². The van der Waals surface area contributed by atoms with Crippen molar-refractivity contribution in [2.75, 3.05) is 0 Å². The summed E-state index contributed by atoms with van der Waals surface area (Å²) in [7, 11) is -4.43. The highest BCUT2D eigenvalue weighted by atomic mass is 79.9. The largest absolute Gasteiger partial charge is 0.480 e. The molecule has 0 amide bonds. The lowest BCUT2D eigenvalue weighted by atomic mass is 10.1. The second-order valence-electron chi connectivity index (χ2n) is 4.35. The van der Waals surface area contributed by atoms with Crippen LogP contribution < -0.4 is 4.72 Å². The van der Waals surface area contributed by atoms with Crippen LogP contribution in [0.4, 0.5) is 8.78 Å². The standard InChI is InChI=1S/C12H14BrF2NO4S/c1-2-3-4-10(12(17)18)16-21(19,20)11-8(13)5-7(14)6-9(11)15/h5-6,10,16H,2-4H2,1H3,(H,17,18). The number of sulfonamides is 1. The molecule has 0 spiro atoms. The van der Waals surface area contributed by atoms with Gasteiger partial charge in [0.2, 0.25) is 10.0 Å². The maximum absolute atomic E-state index is 13.7. The molecule has 0 fully saturated rings. The highest BCUT2D eigenvalue weighted by molar-refractivity contribution is 9.10. The number of nitrogens with one attached hydrogen (secondary N) is 1. The number of carboxylic acid groups (broad SMARTS) is 1. The number of hydrogen-bond donors (Lipinski definition) is 2. The van der Waals surface area contributed by atoms with Crippen LogP contribution in [0.15, 0.2) is 21.5 Å². The van der Waals surface area contributed by atoms with Crippen LogP contribution in [0.3, 0.4) is 0 Å². The molecule has 9 heteroatoms. The summed E-state index contributed by atoms with van der Waals surface area (Å²) in [5.41, 5.74) is 0. The zero-order valence-electron chi connectivity index (χ0n) is 11.1. The predicted molar refractivity (Wildman–Crippen MR) is 75.3 cm³/mol. The van der Waals surface area contributed by atoms with Crippen molar-refractivity contribution < 1.29 is 27.1 Å². The summed E-state index contributed by atoms with van der Waals surface area (Å²) in [6.45, 7) is 1.82. The molecule has 0 saturated carbocycles. The van der Waals surface area contributed by atoms with E-state index in [1.807, 2.05) is 11.6 Å². The molecule has 5 nitrogen and oxygen atoms in total. The molecule has 1 aromatic carbocycles. The summed E-state index contributed by atoms with van der Waals surface area (Å²) in [6.07, 6.45) is 1.25. The van der Waals surface area contributed by atoms with Gasteiger partial charge in [-0.2, -0.15) is 4.72 Å². The SMILES string of the molecule is CCCCC(NS(=O)(=O)c1c(F)cc(F)cc1Br)C(=O)O. The molecule has 0 aliphatic carbocycles. The van der Waals surface area contributed by atoms with Gasteiger partial charge in [0.15, 0.2) is 0 Å². The van der Waals surface area contributed by atoms with Gasteiger partial charge in [0.05, 0.1) is 0 Å². The van der Waals surface area contributed by atoms with Gasteiger partial charge in [-0.05, 0) is 28.4 Å². The monoisotopic (exact) mass is 385 g/mol. The third-order valence-electron chi connectivity index (χ3n) is 2.67. The first-order valence-corrected chi connectivity index (χ1v) is 8.36. The molecule has 1 unspecified atom stereocenters. The van der Waals surface area contributed by atoms with Crippen LogP contribution in [0.1, 0.15) is 26.2 Å². The van der Waals surface area contributed by atoms with Crippen molar-refractivity contribution in [3.05, 3.63) is 28.2 Å². The molecule has 21 heavy (non-hydrogen) atoms. The minimum Gasteiger partial charge on any atom is -0.480 e. The van der Waals surface area contributed by atoms with Crippen molar-refractivity contribution in [1.29, 1.82) is 0 Å². The lowest BCUT2D eigenvalue weighted by Crippen LogP contribution is -2.41. The Morgan fingerprint density at radius 2 is 2.05 bits per heavy atom. The summed E-state index contributed by atoms with van der Waals surface area (Å²) in [5.74, 6) is -3.60. The van der Waals surface area contributed by atoms with E-state index >= 15 is 0 Å². The summed E-state index contributed by atoms with van der Waals surface area (Å²) in [5, 5.41) is 9.00. The van der Waals surface area contributed by atoms with Crippen LogP contribution in [0, 0.1) is 11.6 Å². The Bertz CT molecular complexity index is 613. The number of halogens is 3. The van der Waals surface area contributed by atoms with Crippen molar-refractivity contribution in [2.24, 2.45) is 0 Å². The van der Waals surface area contributed by atoms with Crippen molar-refractivity contribution in [3.8, 4) is 0 Å². The van der Waals surface area contributed by atoms with E-state index in [0.29, 0.717) is 18.9 Å². The topological polar surface area (TPSA) is 83.5 Å². The fraction of sp³-hybridized carbons (Fsp3) is 0.417. The number of benzene rings is 1. The van der Waals surface area contributed by atoms with Gasteiger partial charge < -0.3 is 5.11 Å². The molecular formula is C12H14BrF2NO4S. The first-order valence-electron chi connectivity index (χ1n) is 6.08. The van der Waals surface area contributed by atoms with Gasteiger partial charge >= 0.3 is 5.97 Å². The number of carboxylic acids is 1. The molecule has 0 aliphatic rings. The second-order valence-corrected chi connectivity index (χ2v) is 6.86. The molecule has 118 valence electrons. The van der Waals surface area contributed by atoms with Gasteiger partial charge in [-0.3, -0.25) is 4.79 Å². The van der Waals surface area contributed by atoms with Gasteiger partial charge in [-0.25, -0.2) is 17.2 Å². The molecule has 0 aromatic heterocycles. The van der Waals surface area contributed by atoms with Crippen molar-refractivity contribution in [2.45, 2.75) is 37.1 Å². The summed E-state index contributed by atoms with van der Waals surface area (Å²) in [6, 6.07) is -0.160. The number of aliphatic carboxylic acids is 1. The van der Waals surface area contributed by atoms with E-state index in [1.54, 1.807) is 0 Å². The van der Waals surface area contributed by atoms with Crippen LogP contribution in [-0.4, -0.2) is 25.5 Å². The van der Waals surface area contributed by atoms with E-state index in [1.165, 1.54) is 0 Å². The third-order valence-corrected chi connectivity index (χ3v) is 5.11. The minimum absolute atomic E-state index is 0.0749. The highest BCUT2D eigenvalue weighted by Gasteiger charge is 2.29. The number of hydrogen-bond acceptors (Lipinski definition) is 3. The molecule has 0 saturated heterocycles. The fourth-order valence-corrected chi connectivity index (χ4v) is 4.06. The van der Waals surface area contributed by atoms with Gasteiger partial charge in [0, 0.05) is 10.5 Å². The maximum Gasteiger partial charge on any atom is 0.321 e. The molecule has 1 rings (SSSR count). The smallest absolute Gasteiger partial charge is 0.321 e. The second kappa shape index (κ2) is 7.28. The number of carbonyl (C=O) groups is 1. The Balaban J connectivity index is 3.14. The van der Waals surface area contributed by atoms with Gasteiger partial charge in [-0.1, -0.05) is 19.8 Å². The molecule has 0 aliphatic heterocycles. The third kappa shape index (κ3) is 4.72. The maximum atomic E-state index is 13.7. The van der Waals surface area contributed by atoms with Crippen LogP contribution in [-0.2, 0) is 14.8 Å². The Morgan fingerprint density at radius 3 is 2.52 bits per heavy atom. The van der Waals surface area contributed by atoms with Crippen LogP contribution >= 0.6 is 15.9 Å². The molecule has 1 atom stereocenters. The van der Waals surface area contributed by atoms with Crippen LogP contribution in [0.25, 0.3) is 0 Å². The van der Waals surface area contributed by atoms with E-state index in [4.69, 9.17) is 5.11 Å². The highest BCUT2D eigenvalue weighted by Crippen LogP contribution is 2.26. The average Bonchev–Trinajstić information content (AvgIpc) is 2.32. The average molecular weight is 386 g/mol. The lowest BCUT2D eigenvalue weighted by molar-refractivity contribution is -0.139. The molecule has 0 radical (unpaired) electrons. The van der Waals surface area contributed by atoms with Crippen molar-refractivity contribution in [3.63, 3.8) is 0 Å². The molecule has 1 aromatic rings. The Kier molecular flexibility index (Phi) is 6.24. The zero-order chi connectivity index (χ0) is 16.2. The lowest BCUT2D eigenvalue weighted by Gasteiger charge is -2.15. The molecular weight excluding hydrogens is 372 g/mol. The van der Waals surface area contributed by atoms with E-state index in [2.05, 4.69) is 15.9 Å². The predicted octanol–water partition coefficient (Wildman–Crippen LogP) is 2.65. The van der Waals surface area contributed by atoms with E-state index < -0.39 is 38.6 Å². The molecule has 0 bridgehead atoms. The first kappa shape index (κ1) is 18.0. The summed E-state index contributed by atoms with van der Waals surface area (Å²) < 4.78 is 52.5. The van der Waals surface area contributed by atoms with Crippen LogP contribution in [0.5, 0.6) is 0 Å². The zero-order valence-corrected chi connectivity index (χ0v) is 13.5. The minimum atomic E-state index is -4.43. The fourth-order valence-electron chi connectivity index (χ4n) is 1.67. The van der Waals surface area contributed by atoms with Gasteiger partial charge in [0.25, 0.3) is 0 Å². The number of unbranched alkanes of at least 4 members (excludes halogenated alkanes) is 1. The van der Waals surface area contributed by atoms with E-state index in [9.17, 15) is 22.0 Å². The first-order chi connectivity index (χ1) is 9.69. The van der Waals surface area contributed by atoms with Gasteiger partial charge in [-0.15, -0.1) is 0 Å². The summed E-state index contributed by atoms with van der Waals surface area (Å²) >= 11 is 2.77. The summed E-state index contributed by atoms with van der Waals surface area (Å²) in [4.78, 5) is 10.2. The van der Waals surface area contributed by atoms with Crippen molar-refractivity contribution >= 4 is 31.9 Å². The van der Waals surface area contributed by atoms with E-state index in [0.717, 1.165) is 6.07 Å². The van der Waals surface area contributed by atoms with Crippen molar-refractivity contribution in [1.82, 2.24) is 4.72 Å². The normalized spacial score (nSPS) is 13.1. The Hall–Kier alpha value is -1.06. The van der Waals surface area contributed by atoms with Gasteiger partial charge in [0.1, 0.15) is 22.6 Å².